The number of likely N-dealkylation sites (N-methyl/N-ethyl adjacent to an activating group) is 1. The number of hydrogen-bond acceptors (Lipinski definition) is 4. The van der Waals surface area contributed by atoms with Gasteiger partial charge in [-0.2, -0.15) is 0 Å². The van der Waals surface area contributed by atoms with E-state index in [0.717, 1.165) is 12.6 Å². The van der Waals surface area contributed by atoms with Crippen LogP contribution >= 0.6 is 0 Å². The molecular formula is C16H33N3O. The zero-order valence-corrected chi connectivity index (χ0v) is 13.7. The first-order chi connectivity index (χ1) is 9.65. The SMILES string of the molecule is CC(C)OCCCN1CCC(N2CCN(C)CC2)CC1. The minimum atomic E-state index is 0.373. The number of rotatable bonds is 6. The molecule has 2 aliphatic heterocycles. The molecule has 4 heteroatoms. The Morgan fingerprint density at radius 2 is 1.65 bits per heavy atom. The van der Waals surface area contributed by atoms with Gasteiger partial charge in [-0.1, -0.05) is 0 Å². The second-order valence-corrected chi connectivity index (χ2v) is 6.69. The van der Waals surface area contributed by atoms with Gasteiger partial charge in [0.05, 0.1) is 6.10 Å². The fraction of sp³-hybridized carbons (Fsp3) is 1.00. The van der Waals surface area contributed by atoms with Gasteiger partial charge in [0.2, 0.25) is 0 Å². The lowest BCUT2D eigenvalue weighted by Crippen LogP contribution is -2.52. The summed E-state index contributed by atoms with van der Waals surface area (Å²) in [6.07, 6.45) is 4.26. The van der Waals surface area contributed by atoms with Crippen LogP contribution in [0.5, 0.6) is 0 Å². The molecule has 118 valence electrons. The average molecular weight is 283 g/mol. The summed E-state index contributed by atoms with van der Waals surface area (Å²) in [5.74, 6) is 0. The van der Waals surface area contributed by atoms with E-state index in [2.05, 4.69) is 35.6 Å². The van der Waals surface area contributed by atoms with Gasteiger partial charge in [0.1, 0.15) is 0 Å². The smallest absolute Gasteiger partial charge is 0.0518 e. The Kier molecular flexibility index (Phi) is 6.75. The number of piperidine rings is 1. The summed E-state index contributed by atoms with van der Waals surface area (Å²) in [6, 6.07) is 0.840. The van der Waals surface area contributed by atoms with Crippen LogP contribution in [0.3, 0.4) is 0 Å². The average Bonchev–Trinajstić information content (AvgIpc) is 2.45. The summed E-state index contributed by atoms with van der Waals surface area (Å²) >= 11 is 0. The van der Waals surface area contributed by atoms with Gasteiger partial charge in [0, 0.05) is 45.4 Å². The van der Waals surface area contributed by atoms with Crippen LogP contribution in [0.1, 0.15) is 33.1 Å². The lowest BCUT2D eigenvalue weighted by molar-refractivity contribution is 0.0526. The molecule has 0 aromatic heterocycles. The second kappa shape index (κ2) is 8.32. The lowest BCUT2D eigenvalue weighted by atomic mass is 10.0. The van der Waals surface area contributed by atoms with Gasteiger partial charge in [0.25, 0.3) is 0 Å². The molecule has 0 bridgehead atoms. The largest absolute Gasteiger partial charge is 0.379 e. The molecule has 0 aromatic carbocycles. The van der Waals surface area contributed by atoms with Crippen LogP contribution < -0.4 is 0 Å². The van der Waals surface area contributed by atoms with E-state index in [1.807, 2.05) is 0 Å². The molecule has 2 rings (SSSR count). The maximum atomic E-state index is 5.62. The van der Waals surface area contributed by atoms with E-state index in [1.54, 1.807) is 0 Å². The Labute approximate surface area is 125 Å². The maximum absolute atomic E-state index is 5.62. The predicted molar refractivity (Wildman–Crippen MR) is 84.2 cm³/mol. The van der Waals surface area contributed by atoms with E-state index in [1.165, 1.54) is 65.1 Å². The summed E-state index contributed by atoms with van der Waals surface area (Å²) in [4.78, 5) is 7.79. The van der Waals surface area contributed by atoms with Crippen LogP contribution in [0.2, 0.25) is 0 Å². The minimum Gasteiger partial charge on any atom is -0.379 e. The monoisotopic (exact) mass is 283 g/mol. The van der Waals surface area contributed by atoms with E-state index in [9.17, 15) is 0 Å². The third-order valence-corrected chi connectivity index (χ3v) is 4.68. The Morgan fingerprint density at radius 3 is 2.25 bits per heavy atom. The van der Waals surface area contributed by atoms with E-state index < -0.39 is 0 Å². The summed E-state index contributed by atoms with van der Waals surface area (Å²) in [5.41, 5.74) is 0. The molecule has 0 spiro atoms. The molecule has 2 heterocycles. The Morgan fingerprint density at radius 1 is 1.00 bits per heavy atom. The fourth-order valence-electron chi connectivity index (χ4n) is 3.30. The van der Waals surface area contributed by atoms with Gasteiger partial charge >= 0.3 is 0 Å². The predicted octanol–water partition coefficient (Wildman–Crippen LogP) is 1.51. The molecule has 2 aliphatic rings. The minimum absolute atomic E-state index is 0.373. The summed E-state index contributed by atoms with van der Waals surface area (Å²) in [5, 5.41) is 0. The van der Waals surface area contributed by atoms with Crippen molar-refractivity contribution in [1.29, 1.82) is 0 Å². The van der Waals surface area contributed by atoms with Crippen molar-refractivity contribution < 1.29 is 4.74 Å². The van der Waals surface area contributed by atoms with Crippen LogP contribution in [0.25, 0.3) is 0 Å². The van der Waals surface area contributed by atoms with E-state index in [0.29, 0.717) is 6.10 Å². The summed E-state index contributed by atoms with van der Waals surface area (Å²) < 4.78 is 5.62. The van der Waals surface area contributed by atoms with Crippen molar-refractivity contribution in [3.8, 4) is 0 Å². The quantitative estimate of drug-likeness (QED) is 0.688. The Bertz CT molecular complexity index is 256. The van der Waals surface area contributed by atoms with E-state index in [4.69, 9.17) is 4.74 Å². The molecule has 0 aromatic rings. The van der Waals surface area contributed by atoms with Crippen molar-refractivity contribution in [3.05, 3.63) is 0 Å². The highest BCUT2D eigenvalue weighted by Crippen LogP contribution is 2.18. The van der Waals surface area contributed by atoms with Crippen LogP contribution in [-0.2, 0) is 4.74 Å². The summed E-state index contributed by atoms with van der Waals surface area (Å²) in [6.45, 7) is 13.9. The van der Waals surface area contributed by atoms with E-state index >= 15 is 0 Å². The zero-order chi connectivity index (χ0) is 14.4. The molecule has 0 amide bonds. The van der Waals surface area contributed by atoms with Crippen molar-refractivity contribution in [1.82, 2.24) is 14.7 Å². The molecule has 20 heavy (non-hydrogen) atoms. The highest BCUT2D eigenvalue weighted by atomic mass is 16.5. The number of hydrogen-bond donors (Lipinski definition) is 0. The fourth-order valence-corrected chi connectivity index (χ4v) is 3.30. The number of ether oxygens (including phenoxy) is 1. The zero-order valence-electron chi connectivity index (χ0n) is 13.7. The number of piperazine rings is 1. The van der Waals surface area contributed by atoms with Gasteiger partial charge in [-0.05, 0) is 53.2 Å². The van der Waals surface area contributed by atoms with Crippen molar-refractivity contribution in [2.24, 2.45) is 0 Å². The van der Waals surface area contributed by atoms with Gasteiger partial charge in [-0.15, -0.1) is 0 Å². The van der Waals surface area contributed by atoms with Crippen molar-refractivity contribution in [2.75, 3.05) is 59.5 Å². The van der Waals surface area contributed by atoms with Crippen LogP contribution in [0.4, 0.5) is 0 Å². The first-order valence-electron chi connectivity index (χ1n) is 8.41. The molecule has 0 radical (unpaired) electrons. The van der Waals surface area contributed by atoms with Crippen molar-refractivity contribution in [3.63, 3.8) is 0 Å². The van der Waals surface area contributed by atoms with E-state index in [-0.39, 0.29) is 0 Å². The first kappa shape index (κ1) is 16.2. The number of nitrogens with zero attached hydrogens (tertiary/aromatic N) is 3. The lowest BCUT2D eigenvalue weighted by Gasteiger charge is -2.42. The molecule has 4 nitrogen and oxygen atoms in total. The van der Waals surface area contributed by atoms with Gasteiger partial charge in [-0.25, -0.2) is 0 Å². The van der Waals surface area contributed by atoms with Gasteiger partial charge < -0.3 is 14.5 Å². The van der Waals surface area contributed by atoms with Crippen LogP contribution in [-0.4, -0.2) is 86.3 Å². The maximum Gasteiger partial charge on any atom is 0.0518 e. The highest BCUT2D eigenvalue weighted by molar-refractivity contribution is 4.82. The topological polar surface area (TPSA) is 19.0 Å². The first-order valence-corrected chi connectivity index (χ1v) is 8.41. The number of likely N-dealkylation sites (tertiary alicyclic amines) is 1. The van der Waals surface area contributed by atoms with Gasteiger partial charge in [-0.3, -0.25) is 4.90 Å². The molecule has 0 saturated carbocycles. The highest BCUT2D eigenvalue weighted by Gasteiger charge is 2.26. The van der Waals surface area contributed by atoms with Gasteiger partial charge in [0.15, 0.2) is 0 Å². The third kappa shape index (κ3) is 5.32. The molecule has 0 aliphatic carbocycles. The van der Waals surface area contributed by atoms with Crippen molar-refractivity contribution >= 4 is 0 Å². The standard InChI is InChI=1S/C16H33N3O/c1-15(2)20-14-4-7-18-8-5-16(6-9-18)19-12-10-17(3)11-13-19/h15-16H,4-14H2,1-3H3. The molecule has 0 atom stereocenters. The Balaban J connectivity index is 1.58. The van der Waals surface area contributed by atoms with Crippen LogP contribution in [0.15, 0.2) is 0 Å². The van der Waals surface area contributed by atoms with Crippen molar-refractivity contribution in [2.45, 2.75) is 45.3 Å². The second-order valence-electron chi connectivity index (χ2n) is 6.69. The molecule has 0 unspecified atom stereocenters. The molecule has 2 fully saturated rings. The molecule has 2 saturated heterocycles. The normalized spacial score (nSPS) is 24.6. The third-order valence-electron chi connectivity index (χ3n) is 4.68. The molecule has 0 N–H and O–H groups in total. The Hall–Kier alpha value is -0.160. The van der Waals surface area contributed by atoms with Crippen LogP contribution in [0, 0.1) is 0 Å². The molecular weight excluding hydrogens is 250 g/mol. The summed E-state index contributed by atoms with van der Waals surface area (Å²) in [7, 11) is 2.24.